The lowest BCUT2D eigenvalue weighted by molar-refractivity contribution is 0.415. The van der Waals surface area contributed by atoms with E-state index >= 15 is 0 Å². The number of aromatic hydroxyl groups is 1. The summed E-state index contributed by atoms with van der Waals surface area (Å²) >= 11 is 12.2. The summed E-state index contributed by atoms with van der Waals surface area (Å²) in [6, 6.07) is 11.4. The third-order valence-electron chi connectivity index (χ3n) is 4.01. The molecular formula is C18H16Cl2N2O3S. The predicted octanol–water partition coefficient (Wildman–Crippen LogP) is 4.38. The van der Waals surface area contributed by atoms with Crippen LogP contribution in [0, 0.1) is 6.92 Å². The molecule has 0 saturated carbocycles. The van der Waals surface area contributed by atoms with Crippen LogP contribution in [0.25, 0.3) is 11.3 Å². The third-order valence-corrected chi connectivity index (χ3v) is 6.22. The molecule has 1 N–H and O–H groups in total. The van der Waals surface area contributed by atoms with E-state index in [0.29, 0.717) is 21.3 Å². The minimum atomic E-state index is -3.67. The van der Waals surface area contributed by atoms with Crippen LogP contribution in [0.3, 0.4) is 0 Å². The summed E-state index contributed by atoms with van der Waals surface area (Å²) < 4.78 is 26.8. The molecule has 26 heavy (non-hydrogen) atoms. The molecule has 1 heterocycles. The summed E-state index contributed by atoms with van der Waals surface area (Å²) in [5, 5.41) is 15.4. The molecule has 136 valence electrons. The second kappa shape index (κ2) is 6.95. The van der Waals surface area contributed by atoms with Gasteiger partial charge in [-0.1, -0.05) is 40.9 Å². The normalized spacial score (nSPS) is 11.7. The van der Waals surface area contributed by atoms with Gasteiger partial charge in [0.2, 0.25) is 5.88 Å². The van der Waals surface area contributed by atoms with Crippen molar-refractivity contribution in [1.29, 1.82) is 0 Å². The minimum Gasteiger partial charge on any atom is -0.493 e. The van der Waals surface area contributed by atoms with E-state index in [-0.39, 0.29) is 16.3 Å². The Hall–Kier alpha value is -2.02. The molecule has 3 rings (SSSR count). The van der Waals surface area contributed by atoms with E-state index in [0.717, 1.165) is 5.56 Å². The average molecular weight is 411 g/mol. The second-order valence-electron chi connectivity index (χ2n) is 5.97. The largest absolute Gasteiger partial charge is 0.493 e. The Morgan fingerprint density at radius 1 is 1.12 bits per heavy atom. The van der Waals surface area contributed by atoms with Gasteiger partial charge in [-0.25, -0.2) is 13.1 Å². The van der Waals surface area contributed by atoms with Gasteiger partial charge in [0.25, 0.3) is 0 Å². The minimum absolute atomic E-state index is 0.180. The summed E-state index contributed by atoms with van der Waals surface area (Å²) in [7, 11) is -2.14. The van der Waals surface area contributed by atoms with E-state index in [2.05, 4.69) is 5.10 Å². The zero-order valence-corrected chi connectivity index (χ0v) is 16.4. The lowest BCUT2D eigenvalue weighted by Gasteiger charge is -2.07. The van der Waals surface area contributed by atoms with E-state index in [1.165, 1.54) is 11.7 Å². The smallest absolute Gasteiger partial charge is 0.214 e. The molecule has 0 aliphatic rings. The summed E-state index contributed by atoms with van der Waals surface area (Å²) in [6.07, 6.45) is 0. The van der Waals surface area contributed by atoms with Crippen molar-refractivity contribution in [3.05, 3.63) is 63.6 Å². The van der Waals surface area contributed by atoms with Crippen molar-refractivity contribution in [1.82, 2.24) is 9.78 Å². The van der Waals surface area contributed by atoms with Gasteiger partial charge >= 0.3 is 0 Å². The third kappa shape index (κ3) is 3.58. The standard InChI is InChI=1S/C18H16Cl2N2O3S/c1-11-3-6-13(7-4-11)26(24,25)10-15-17(21-22(2)18(15)23)14-8-5-12(19)9-16(14)20/h3-9,23H,10H2,1-2H3. The van der Waals surface area contributed by atoms with Crippen molar-refractivity contribution in [3.8, 4) is 17.1 Å². The van der Waals surface area contributed by atoms with Crippen LogP contribution in [0.1, 0.15) is 11.1 Å². The van der Waals surface area contributed by atoms with Crippen molar-refractivity contribution < 1.29 is 13.5 Å². The topological polar surface area (TPSA) is 72.2 Å². The number of hydrogen-bond acceptors (Lipinski definition) is 4. The van der Waals surface area contributed by atoms with Crippen LogP contribution in [-0.2, 0) is 22.6 Å². The molecule has 8 heteroatoms. The maximum Gasteiger partial charge on any atom is 0.214 e. The molecule has 0 radical (unpaired) electrons. The number of nitrogens with zero attached hydrogens (tertiary/aromatic N) is 2. The van der Waals surface area contributed by atoms with Crippen LogP contribution in [0.15, 0.2) is 47.4 Å². The first-order valence-electron chi connectivity index (χ1n) is 7.69. The van der Waals surface area contributed by atoms with Crippen molar-refractivity contribution in [2.45, 2.75) is 17.6 Å². The highest BCUT2D eigenvalue weighted by Crippen LogP contribution is 2.36. The quantitative estimate of drug-likeness (QED) is 0.692. The molecule has 3 aromatic rings. The molecule has 0 aliphatic carbocycles. The molecule has 0 fully saturated rings. The first-order valence-corrected chi connectivity index (χ1v) is 10.1. The zero-order chi connectivity index (χ0) is 19.1. The van der Waals surface area contributed by atoms with Crippen molar-refractivity contribution in [2.75, 3.05) is 0 Å². The molecule has 0 spiro atoms. The lowest BCUT2D eigenvalue weighted by atomic mass is 10.1. The highest BCUT2D eigenvalue weighted by molar-refractivity contribution is 7.90. The summed E-state index contributed by atoms with van der Waals surface area (Å²) in [5.74, 6) is -0.619. The van der Waals surface area contributed by atoms with Crippen LogP contribution in [0.4, 0.5) is 0 Å². The Morgan fingerprint density at radius 3 is 2.38 bits per heavy atom. The van der Waals surface area contributed by atoms with Crippen LogP contribution in [0.2, 0.25) is 10.0 Å². The maximum absolute atomic E-state index is 12.8. The maximum atomic E-state index is 12.8. The number of rotatable bonds is 4. The van der Waals surface area contributed by atoms with Gasteiger partial charge in [-0.2, -0.15) is 5.10 Å². The average Bonchev–Trinajstić information content (AvgIpc) is 2.83. The Bertz CT molecular complexity index is 1070. The van der Waals surface area contributed by atoms with Crippen LogP contribution in [-0.4, -0.2) is 23.3 Å². The summed E-state index contributed by atoms with van der Waals surface area (Å²) in [6.45, 7) is 1.88. The number of benzene rings is 2. The highest BCUT2D eigenvalue weighted by Gasteiger charge is 2.25. The van der Waals surface area contributed by atoms with Crippen LogP contribution in [0.5, 0.6) is 5.88 Å². The van der Waals surface area contributed by atoms with Gasteiger partial charge in [-0.3, -0.25) is 0 Å². The predicted molar refractivity (Wildman–Crippen MR) is 102 cm³/mol. The van der Waals surface area contributed by atoms with Crippen molar-refractivity contribution in [2.24, 2.45) is 7.05 Å². The van der Waals surface area contributed by atoms with E-state index in [4.69, 9.17) is 23.2 Å². The Kier molecular flexibility index (Phi) is 5.01. The molecule has 0 aliphatic heterocycles. The van der Waals surface area contributed by atoms with E-state index < -0.39 is 15.6 Å². The Balaban J connectivity index is 2.09. The van der Waals surface area contributed by atoms with Gasteiger partial charge < -0.3 is 5.11 Å². The van der Waals surface area contributed by atoms with Gasteiger partial charge in [-0.05, 0) is 37.3 Å². The number of halogens is 2. The Labute approximate surface area is 161 Å². The number of aryl methyl sites for hydroxylation is 2. The monoisotopic (exact) mass is 410 g/mol. The van der Waals surface area contributed by atoms with Gasteiger partial charge in [0.1, 0.15) is 5.69 Å². The fourth-order valence-corrected chi connectivity index (χ4v) is 4.47. The highest BCUT2D eigenvalue weighted by atomic mass is 35.5. The Morgan fingerprint density at radius 2 is 1.77 bits per heavy atom. The number of sulfone groups is 1. The number of hydrogen-bond donors (Lipinski definition) is 1. The molecule has 0 bridgehead atoms. The molecule has 0 unspecified atom stereocenters. The summed E-state index contributed by atoms with van der Waals surface area (Å²) in [4.78, 5) is 0.180. The van der Waals surface area contributed by atoms with Gasteiger partial charge in [-0.15, -0.1) is 0 Å². The number of aromatic nitrogens is 2. The molecule has 0 atom stereocenters. The molecule has 1 aromatic heterocycles. The molecule has 2 aromatic carbocycles. The molecule has 5 nitrogen and oxygen atoms in total. The zero-order valence-electron chi connectivity index (χ0n) is 14.1. The summed E-state index contributed by atoms with van der Waals surface area (Å²) in [5.41, 5.74) is 1.96. The fraction of sp³-hybridized carbons (Fsp3) is 0.167. The van der Waals surface area contributed by atoms with E-state index in [9.17, 15) is 13.5 Å². The van der Waals surface area contributed by atoms with Gasteiger partial charge in [0, 0.05) is 17.6 Å². The molecule has 0 saturated heterocycles. The van der Waals surface area contributed by atoms with Gasteiger partial charge in [0.15, 0.2) is 9.84 Å². The second-order valence-corrected chi connectivity index (χ2v) is 8.80. The van der Waals surface area contributed by atoms with Crippen molar-refractivity contribution >= 4 is 33.0 Å². The van der Waals surface area contributed by atoms with Gasteiger partial charge in [0.05, 0.1) is 21.2 Å². The van der Waals surface area contributed by atoms with Crippen molar-refractivity contribution in [3.63, 3.8) is 0 Å². The molecule has 0 amide bonds. The van der Waals surface area contributed by atoms with Crippen LogP contribution >= 0.6 is 23.2 Å². The molecular weight excluding hydrogens is 395 g/mol. The first-order chi connectivity index (χ1) is 12.2. The van der Waals surface area contributed by atoms with Crippen LogP contribution < -0.4 is 0 Å². The van der Waals surface area contributed by atoms with E-state index in [1.54, 1.807) is 42.5 Å². The fourth-order valence-electron chi connectivity index (χ4n) is 2.61. The first kappa shape index (κ1) is 18.8. The van der Waals surface area contributed by atoms with E-state index in [1.807, 2.05) is 6.92 Å². The lowest BCUT2D eigenvalue weighted by Crippen LogP contribution is -2.05. The SMILES string of the molecule is Cc1ccc(S(=O)(=O)Cc2c(-c3ccc(Cl)cc3Cl)nn(C)c2O)cc1.